The van der Waals surface area contributed by atoms with Crippen molar-refractivity contribution < 1.29 is 41.9 Å². The van der Waals surface area contributed by atoms with Crippen molar-refractivity contribution in [2.75, 3.05) is 13.2 Å². The van der Waals surface area contributed by atoms with Crippen LogP contribution in [0.15, 0.2) is 53.4 Å². The molecule has 3 N–H and O–H groups in total. The van der Waals surface area contributed by atoms with Crippen molar-refractivity contribution in [2.24, 2.45) is 5.92 Å². The molecule has 1 saturated carbocycles. The Morgan fingerprint density at radius 3 is 2.36 bits per heavy atom. The normalized spacial score (nSPS) is 20.2. The molecule has 0 spiro atoms. The second-order valence-corrected chi connectivity index (χ2v) is 12.1. The minimum Gasteiger partial charge on any atom is -0.484 e. The number of hydrogen-bond acceptors (Lipinski definition) is 7. The maximum Gasteiger partial charge on any atom is 0.446 e. The zero-order valence-corrected chi connectivity index (χ0v) is 24.3. The average Bonchev–Trinajstić information content (AvgIpc) is 3.72. The first-order valence-corrected chi connectivity index (χ1v) is 15.1. The van der Waals surface area contributed by atoms with Gasteiger partial charge in [0.05, 0.1) is 6.04 Å². The Balaban J connectivity index is 1.30. The van der Waals surface area contributed by atoms with Crippen LogP contribution >= 0.6 is 11.8 Å². The first-order valence-electron chi connectivity index (χ1n) is 14.2. The van der Waals surface area contributed by atoms with Gasteiger partial charge in [0.1, 0.15) is 11.8 Å². The van der Waals surface area contributed by atoms with Gasteiger partial charge in [-0.25, -0.2) is 0 Å². The number of fused-ring (bicyclic) bond motifs is 1. The fourth-order valence-corrected chi connectivity index (χ4v) is 5.82. The third kappa shape index (κ3) is 8.10. The van der Waals surface area contributed by atoms with E-state index in [4.69, 9.17) is 4.74 Å². The van der Waals surface area contributed by atoms with Crippen LogP contribution in [0.1, 0.15) is 36.8 Å². The van der Waals surface area contributed by atoms with Crippen molar-refractivity contribution in [1.82, 2.24) is 20.9 Å². The number of benzene rings is 2. The summed E-state index contributed by atoms with van der Waals surface area (Å²) in [6.07, 6.45) is 2.06. The van der Waals surface area contributed by atoms with Crippen LogP contribution in [-0.2, 0) is 36.9 Å². The number of hydrogen-bond donors (Lipinski definition) is 3. The fourth-order valence-electron chi connectivity index (χ4n) is 5.28. The molecule has 44 heavy (non-hydrogen) atoms. The highest BCUT2D eigenvalue weighted by atomic mass is 32.2. The van der Waals surface area contributed by atoms with E-state index in [1.807, 2.05) is 18.2 Å². The number of nitrogens with one attached hydrogen (secondary N) is 3. The molecule has 0 unspecified atom stereocenters. The monoisotopic (exact) mass is 632 g/mol. The number of nitrogens with zero attached hydrogens (tertiary/aromatic N) is 1. The number of ether oxygens (including phenoxy) is 1. The Kier molecular flexibility index (Phi) is 9.47. The van der Waals surface area contributed by atoms with E-state index in [1.54, 1.807) is 6.07 Å². The summed E-state index contributed by atoms with van der Waals surface area (Å²) in [5.74, 6) is -3.54. The van der Waals surface area contributed by atoms with E-state index in [2.05, 4.69) is 16.0 Å². The Hall–Kier alpha value is -4.07. The largest absolute Gasteiger partial charge is 0.484 e. The molecule has 3 atom stereocenters. The second kappa shape index (κ2) is 13.3. The summed E-state index contributed by atoms with van der Waals surface area (Å²) < 4.78 is 43.5. The summed E-state index contributed by atoms with van der Waals surface area (Å²) in [6.45, 7) is 0.00768. The molecule has 0 aromatic heterocycles. The van der Waals surface area contributed by atoms with Gasteiger partial charge in [0.25, 0.3) is 11.8 Å². The van der Waals surface area contributed by atoms with Crippen molar-refractivity contribution in [3.05, 3.63) is 59.7 Å². The highest BCUT2D eigenvalue weighted by Crippen LogP contribution is 2.37. The lowest BCUT2D eigenvalue weighted by Gasteiger charge is -2.36. The number of Topliss-reactive ketones (excluding diaryl/α,β-unsaturated/α-hetero) is 1. The van der Waals surface area contributed by atoms with Gasteiger partial charge in [0, 0.05) is 36.4 Å². The Labute approximate surface area is 255 Å². The molecule has 4 amide bonds. The summed E-state index contributed by atoms with van der Waals surface area (Å²) in [5.41, 5.74) is -2.79. The molecule has 14 heteroatoms. The molecule has 2 heterocycles. The molecule has 2 aromatic carbocycles. The molecule has 234 valence electrons. The zero-order valence-electron chi connectivity index (χ0n) is 23.5. The summed E-state index contributed by atoms with van der Waals surface area (Å²) in [6, 6.07) is 9.97. The molecule has 3 aliphatic rings. The number of alkyl halides is 3. The summed E-state index contributed by atoms with van der Waals surface area (Å²) >= 11 is -0.269. The zero-order chi connectivity index (χ0) is 31.4. The second-order valence-electron chi connectivity index (χ2n) is 11.0. The third-order valence-electron chi connectivity index (χ3n) is 7.74. The molecule has 2 fully saturated rings. The fraction of sp³-hybridized carbons (Fsp3) is 0.433. The van der Waals surface area contributed by atoms with E-state index < -0.39 is 53.6 Å². The first kappa shape index (κ1) is 31.4. The summed E-state index contributed by atoms with van der Waals surface area (Å²) in [5, 5.41) is 7.99. The predicted molar refractivity (Wildman–Crippen MR) is 152 cm³/mol. The van der Waals surface area contributed by atoms with Gasteiger partial charge in [-0.05, 0) is 72.8 Å². The van der Waals surface area contributed by atoms with Crippen LogP contribution in [0, 0.1) is 5.92 Å². The van der Waals surface area contributed by atoms with Crippen LogP contribution < -0.4 is 20.7 Å². The summed E-state index contributed by atoms with van der Waals surface area (Å²) in [7, 11) is 0. The van der Waals surface area contributed by atoms with Gasteiger partial charge in [-0.2, -0.15) is 13.2 Å². The molecular weight excluding hydrogens is 601 g/mol. The van der Waals surface area contributed by atoms with Gasteiger partial charge in [-0.15, -0.1) is 0 Å². The Morgan fingerprint density at radius 1 is 1.02 bits per heavy atom. The Bertz CT molecular complexity index is 1430. The molecular formula is C30H31F3N4O6S. The standard InChI is InChI=1S/C30H31F3N4O6S/c31-30(32,33)44-22-9-7-21(8-10-22)43-16-25(38)37-15-19-4-2-1-3-17(19)14-24(37)28(41)36-23(13-18-11-12-34-27(18)40)26(39)29(42)35-20-5-6-20/h1-4,7-10,18,20,23-24H,5-6,11-16H2,(H,34,40)(H,35,42)(H,36,41)/t18-,23-,24-/m0/s1. The number of ketones is 1. The van der Waals surface area contributed by atoms with E-state index in [9.17, 15) is 37.1 Å². The smallest absolute Gasteiger partial charge is 0.446 e. The van der Waals surface area contributed by atoms with Crippen LogP contribution in [0.2, 0.25) is 0 Å². The number of rotatable bonds is 11. The van der Waals surface area contributed by atoms with Gasteiger partial charge >= 0.3 is 5.51 Å². The van der Waals surface area contributed by atoms with Crippen LogP contribution in [0.5, 0.6) is 5.75 Å². The van der Waals surface area contributed by atoms with Gasteiger partial charge in [-0.1, -0.05) is 24.3 Å². The van der Waals surface area contributed by atoms with Crippen LogP contribution in [0.25, 0.3) is 0 Å². The van der Waals surface area contributed by atoms with Gasteiger partial charge in [0.15, 0.2) is 6.61 Å². The van der Waals surface area contributed by atoms with Crippen molar-refractivity contribution in [2.45, 2.75) is 67.2 Å². The van der Waals surface area contributed by atoms with Crippen molar-refractivity contribution in [3.63, 3.8) is 0 Å². The number of thioether (sulfide) groups is 1. The maximum absolute atomic E-state index is 13.8. The minimum absolute atomic E-state index is 0.0365. The topological polar surface area (TPSA) is 134 Å². The number of halogens is 3. The molecule has 5 rings (SSSR count). The lowest BCUT2D eigenvalue weighted by molar-refractivity contribution is -0.145. The lowest BCUT2D eigenvalue weighted by atomic mass is 9.92. The van der Waals surface area contributed by atoms with Gasteiger partial charge < -0.3 is 25.6 Å². The molecule has 1 aliphatic carbocycles. The molecule has 0 radical (unpaired) electrons. The van der Waals surface area contributed by atoms with E-state index in [0.29, 0.717) is 13.0 Å². The van der Waals surface area contributed by atoms with Crippen LogP contribution in [0.4, 0.5) is 13.2 Å². The molecule has 10 nitrogen and oxygen atoms in total. The van der Waals surface area contributed by atoms with Crippen LogP contribution in [0.3, 0.4) is 0 Å². The van der Waals surface area contributed by atoms with Crippen molar-refractivity contribution >= 4 is 41.2 Å². The van der Waals surface area contributed by atoms with Gasteiger partial charge in [0.2, 0.25) is 17.6 Å². The van der Waals surface area contributed by atoms with Crippen molar-refractivity contribution in [1.29, 1.82) is 0 Å². The quantitative estimate of drug-likeness (QED) is 0.256. The van der Waals surface area contributed by atoms with E-state index in [0.717, 1.165) is 24.0 Å². The number of amides is 4. The summed E-state index contributed by atoms with van der Waals surface area (Å²) in [4.78, 5) is 66.5. The predicted octanol–water partition coefficient (Wildman–Crippen LogP) is 2.49. The third-order valence-corrected chi connectivity index (χ3v) is 8.48. The highest BCUT2D eigenvalue weighted by molar-refractivity contribution is 8.00. The molecule has 2 aromatic rings. The lowest BCUT2D eigenvalue weighted by Crippen LogP contribution is -2.57. The first-order chi connectivity index (χ1) is 21.0. The number of carbonyl (C=O) groups is 5. The molecule has 1 saturated heterocycles. The average molecular weight is 633 g/mol. The SMILES string of the molecule is O=C(NC1CC1)C(=O)[C@H](C[C@@H]1CCNC1=O)NC(=O)[C@@H]1Cc2ccccc2CN1C(=O)COc1ccc(SC(F)(F)F)cc1. The number of carbonyl (C=O) groups excluding carboxylic acids is 5. The molecule has 2 aliphatic heterocycles. The van der Waals surface area contributed by atoms with E-state index >= 15 is 0 Å². The van der Waals surface area contributed by atoms with E-state index in [-0.39, 0.29) is 53.7 Å². The highest BCUT2D eigenvalue weighted by Gasteiger charge is 2.40. The van der Waals surface area contributed by atoms with E-state index in [1.165, 1.54) is 29.2 Å². The Morgan fingerprint density at radius 2 is 1.73 bits per heavy atom. The minimum atomic E-state index is -4.44. The maximum atomic E-state index is 13.8. The van der Waals surface area contributed by atoms with Gasteiger partial charge in [-0.3, -0.25) is 24.0 Å². The molecule has 0 bridgehead atoms. The van der Waals surface area contributed by atoms with Crippen molar-refractivity contribution in [3.8, 4) is 5.75 Å². The van der Waals surface area contributed by atoms with Crippen LogP contribution in [-0.4, -0.2) is 71.1 Å².